The van der Waals surface area contributed by atoms with Gasteiger partial charge < -0.3 is 4.18 Å². The molecular weight excluding hydrogens is 424 g/mol. The highest BCUT2D eigenvalue weighted by atomic mass is 32.2. The van der Waals surface area contributed by atoms with Gasteiger partial charge in [-0.3, -0.25) is 8.37 Å². The van der Waals surface area contributed by atoms with Gasteiger partial charge in [0, 0.05) is 10.8 Å². The molecule has 0 saturated heterocycles. The molecule has 0 aliphatic heterocycles. The maximum atomic E-state index is 12.8. The second kappa shape index (κ2) is 8.07. The summed E-state index contributed by atoms with van der Waals surface area (Å²) in [7, 11) is -3.95. The molecule has 3 rings (SSSR count). The van der Waals surface area contributed by atoms with Gasteiger partial charge in [-0.1, -0.05) is 63.1 Å². The highest BCUT2D eigenvalue weighted by molar-refractivity contribution is 7.86. The second-order valence-electron chi connectivity index (χ2n) is 8.96. The zero-order valence-corrected chi connectivity index (χ0v) is 19.7. The second-order valence-corrected chi connectivity index (χ2v) is 11.3. The summed E-state index contributed by atoms with van der Waals surface area (Å²) in [5.74, 6) is 0.434. The zero-order valence-electron chi connectivity index (χ0n) is 18.0. The van der Waals surface area contributed by atoms with Crippen molar-refractivity contribution < 1.29 is 25.2 Å². The molecular formula is C22H28O6S2. The van der Waals surface area contributed by atoms with Crippen molar-refractivity contribution in [2.24, 2.45) is 10.8 Å². The van der Waals surface area contributed by atoms with E-state index in [4.69, 9.17) is 12.5 Å². The van der Waals surface area contributed by atoms with Crippen molar-refractivity contribution >= 4 is 21.5 Å². The Morgan fingerprint density at radius 2 is 1.27 bits per heavy atom. The topological polar surface area (TPSA) is 78.9 Å². The lowest BCUT2D eigenvalue weighted by Crippen LogP contribution is -2.69. The number of aryl methyl sites for hydroxylation is 2. The van der Waals surface area contributed by atoms with E-state index in [0.717, 1.165) is 11.1 Å². The summed E-state index contributed by atoms with van der Waals surface area (Å²) in [6.45, 7) is 11.2. The standard InChI is InChI=1S/C22H28O6S2/c1-15-7-11-17(12-8-15)26-29(23)27-19-21(3,4)20(22(19,5)6)28-30(24,25)18-13-9-16(2)10-14-18/h7-14,19-20H,1-6H3. The molecule has 1 aliphatic rings. The van der Waals surface area contributed by atoms with Gasteiger partial charge in [-0.15, -0.1) is 0 Å². The average molecular weight is 453 g/mol. The van der Waals surface area contributed by atoms with Crippen LogP contribution in [0.1, 0.15) is 38.8 Å². The van der Waals surface area contributed by atoms with Crippen LogP contribution in [0.4, 0.5) is 0 Å². The monoisotopic (exact) mass is 452 g/mol. The summed E-state index contributed by atoms with van der Waals surface area (Å²) in [6.07, 6.45) is -1.19. The minimum atomic E-state index is -3.95. The smallest absolute Gasteiger partial charge is 0.360 e. The van der Waals surface area contributed by atoms with Crippen LogP contribution in [-0.4, -0.2) is 24.8 Å². The van der Waals surface area contributed by atoms with Gasteiger partial charge in [0.1, 0.15) is 5.75 Å². The molecule has 2 aromatic carbocycles. The van der Waals surface area contributed by atoms with Crippen LogP contribution < -0.4 is 4.18 Å². The molecule has 2 aromatic rings. The van der Waals surface area contributed by atoms with Crippen molar-refractivity contribution in [1.82, 2.24) is 0 Å². The summed E-state index contributed by atoms with van der Waals surface area (Å²) in [5.41, 5.74) is 0.620. The van der Waals surface area contributed by atoms with Crippen molar-refractivity contribution in [2.75, 3.05) is 0 Å². The molecule has 1 aliphatic carbocycles. The molecule has 164 valence electrons. The summed E-state index contributed by atoms with van der Waals surface area (Å²) < 4.78 is 54.7. The van der Waals surface area contributed by atoms with Crippen LogP contribution in [0.2, 0.25) is 0 Å². The van der Waals surface area contributed by atoms with E-state index in [0.29, 0.717) is 5.75 Å². The van der Waals surface area contributed by atoms with Crippen LogP contribution in [0.25, 0.3) is 0 Å². The predicted octanol–water partition coefficient (Wildman–Crippen LogP) is 4.49. The molecule has 1 saturated carbocycles. The van der Waals surface area contributed by atoms with Crippen LogP contribution in [0.3, 0.4) is 0 Å². The van der Waals surface area contributed by atoms with Crippen LogP contribution >= 0.6 is 0 Å². The maximum absolute atomic E-state index is 12.8. The molecule has 0 heterocycles. The largest absolute Gasteiger partial charge is 0.380 e. The summed E-state index contributed by atoms with van der Waals surface area (Å²) in [4.78, 5) is 0.107. The molecule has 1 atom stereocenters. The lowest BCUT2D eigenvalue weighted by Gasteiger charge is -2.61. The van der Waals surface area contributed by atoms with Crippen molar-refractivity contribution in [3.8, 4) is 5.75 Å². The van der Waals surface area contributed by atoms with Crippen molar-refractivity contribution in [2.45, 2.75) is 58.6 Å². The first kappa shape index (κ1) is 22.9. The van der Waals surface area contributed by atoms with E-state index < -0.39 is 44.5 Å². The Hall–Kier alpha value is -1.74. The van der Waals surface area contributed by atoms with Crippen molar-refractivity contribution in [1.29, 1.82) is 0 Å². The number of rotatable bonds is 7. The number of benzene rings is 2. The molecule has 0 radical (unpaired) electrons. The van der Waals surface area contributed by atoms with Crippen LogP contribution in [0.15, 0.2) is 53.4 Å². The fourth-order valence-electron chi connectivity index (χ4n) is 4.25. The highest BCUT2D eigenvalue weighted by Gasteiger charge is 2.66. The predicted molar refractivity (Wildman–Crippen MR) is 116 cm³/mol. The molecule has 8 heteroatoms. The molecule has 6 nitrogen and oxygen atoms in total. The molecule has 0 N–H and O–H groups in total. The molecule has 1 fully saturated rings. The number of hydrogen-bond donors (Lipinski definition) is 0. The SMILES string of the molecule is Cc1ccc(OS(=O)OC2C(C)(C)C(OS(=O)(=O)c3ccc(C)cc3)C2(C)C)cc1. The van der Waals surface area contributed by atoms with E-state index in [1.807, 2.05) is 53.7 Å². The van der Waals surface area contributed by atoms with Gasteiger partial charge in [0.2, 0.25) is 0 Å². The van der Waals surface area contributed by atoms with Crippen molar-refractivity contribution in [3.63, 3.8) is 0 Å². The highest BCUT2D eigenvalue weighted by Crippen LogP contribution is 2.58. The molecule has 1 unspecified atom stereocenters. The number of hydrogen-bond acceptors (Lipinski definition) is 6. The van der Waals surface area contributed by atoms with Gasteiger partial charge in [-0.25, -0.2) is 0 Å². The van der Waals surface area contributed by atoms with E-state index in [2.05, 4.69) is 0 Å². The van der Waals surface area contributed by atoms with Gasteiger partial charge in [-0.05, 0) is 38.1 Å². The minimum absolute atomic E-state index is 0.107. The Bertz CT molecular complexity index is 1010. The fourth-order valence-corrected chi connectivity index (χ4v) is 6.54. The first-order chi connectivity index (χ1) is 13.8. The van der Waals surface area contributed by atoms with Gasteiger partial charge >= 0.3 is 11.4 Å². The van der Waals surface area contributed by atoms with E-state index >= 15 is 0 Å². The Labute approximate surface area is 181 Å². The van der Waals surface area contributed by atoms with E-state index in [1.165, 1.54) is 12.1 Å². The van der Waals surface area contributed by atoms with Gasteiger partial charge in [0.25, 0.3) is 10.1 Å². The third-order valence-corrected chi connectivity index (χ3v) is 7.57. The lowest BCUT2D eigenvalue weighted by atomic mass is 9.51. The van der Waals surface area contributed by atoms with E-state index in [-0.39, 0.29) is 4.90 Å². The quantitative estimate of drug-likeness (QED) is 0.576. The molecule has 30 heavy (non-hydrogen) atoms. The summed E-state index contributed by atoms with van der Waals surface area (Å²) >= 11 is -2.03. The maximum Gasteiger partial charge on any atom is 0.360 e. The van der Waals surface area contributed by atoms with Crippen LogP contribution in [0.5, 0.6) is 5.75 Å². The molecule has 0 aromatic heterocycles. The first-order valence-electron chi connectivity index (χ1n) is 9.68. The van der Waals surface area contributed by atoms with Gasteiger partial charge in [-0.2, -0.15) is 12.6 Å². The summed E-state index contributed by atoms with van der Waals surface area (Å²) in [6, 6.07) is 13.6. The first-order valence-corrected chi connectivity index (χ1v) is 12.1. The Morgan fingerprint density at radius 1 is 0.800 bits per heavy atom. The van der Waals surface area contributed by atoms with Crippen LogP contribution in [-0.2, 0) is 29.8 Å². The molecule has 0 spiro atoms. The molecule has 0 bridgehead atoms. The fraction of sp³-hybridized carbons (Fsp3) is 0.455. The Kier molecular flexibility index (Phi) is 6.17. The normalized spacial score (nSPS) is 23.4. The third-order valence-electron chi connectivity index (χ3n) is 5.60. The Balaban J connectivity index is 1.71. The van der Waals surface area contributed by atoms with E-state index in [9.17, 15) is 12.6 Å². The minimum Gasteiger partial charge on any atom is -0.380 e. The van der Waals surface area contributed by atoms with Crippen molar-refractivity contribution in [3.05, 3.63) is 59.7 Å². The lowest BCUT2D eigenvalue weighted by molar-refractivity contribution is -0.221. The average Bonchev–Trinajstić information content (AvgIpc) is 2.66. The van der Waals surface area contributed by atoms with Gasteiger partial charge in [0.15, 0.2) is 0 Å². The third kappa shape index (κ3) is 4.46. The Morgan fingerprint density at radius 3 is 1.77 bits per heavy atom. The van der Waals surface area contributed by atoms with Crippen LogP contribution in [0, 0.1) is 24.7 Å². The zero-order chi connectivity index (χ0) is 22.3. The van der Waals surface area contributed by atoms with E-state index in [1.54, 1.807) is 24.3 Å². The molecule has 0 amide bonds. The van der Waals surface area contributed by atoms with Gasteiger partial charge in [0.05, 0.1) is 17.1 Å². The summed E-state index contributed by atoms with van der Waals surface area (Å²) in [5, 5.41) is 0.